The van der Waals surface area contributed by atoms with Gasteiger partial charge in [-0.1, -0.05) is 23.4 Å². The Kier molecular flexibility index (Phi) is 5.65. The number of fused-ring (bicyclic) bond motifs is 1. The van der Waals surface area contributed by atoms with Gasteiger partial charge in [0.15, 0.2) is 16.8 Å². The zero-order valence-electron chi connectivity index (χ0n) is 16.3. The number of nitrogens with two attached hydrogens (primary N) is 1. The number of thioether (sulfide) groups is 1. The number of amidine groups is 1. The molecular formula is C20H18ClF3N4O2S. The third-order valence-corrected chi connectivity index (χ3v) is 7.02. The molecule has 0 radical (unpaired) electrons. The molecule has 1 aliphatic carbocycles. The Balaban J connectivity index is 1.73. The smallest absolute Gasteiger partial charge is 0.274 e. The number of aromatic nitrogens is 1. The van der Waals surface area contributed by atoms with E-state index in [1.165, 1.54) is 43.3 Å². The maximum absolute atomic E-state index is 14.9. The van der Waals surface area contributed by atoms with Gasteiger partial charge in [0.1, 0.15) is 17.9 Å². The number of anilines is 1. The minimum Gasteiger partial charge on any atom is -0.383 e. The van der Waals surface area contributed by atoms with Crippen LogP contribution >= 0.6 is 23.4 Å². The summed E-state index contributed by atoms with van der Waals surface area (Å²) in [5.74, 6) is -3.58. The molecule has 1 unspecified atom stereocenters. The molecule has 3 N–H and O–H groups in total. The molecule has 0 spiro atoms. The van der Waals surface area contributed by atoms with Crippen LogP contribution in [0.25, 0.3) is 0 Å². The maximum atomic E-state index is 14.9. The summed E-state index contributed by atoms with van der Waals surface area (Å²) in [5, 5.41) is 2.87. The first-order valence-electron chi connectivity index (χ1n) is 9.26. The molecule has 1 amide bonds. The number of hydrogen-bond acceptors (Lipinski definition) is 6. The zero-order valence-corrected chi connectivity index (χ0v) is 17.9. The lowest BCUT2D eigenvalue weighted by atomic mass is 9.84. The molecule has 1 aromatic carbocycles. The van der Waals surface area contributed by atoms with Crippen molar-refractivity contribution in [3.05, 3.63) is 58.4 Å². The summed E-state index contributed by atoms with van der Waals surface area (Å²) in [7, 11) is 1.50. The second-order valence-corrected chi connectivity index (χ2v) is 9.37. The van der Waals surface area contributed by atoms with E-state index in [-0.39, 0.29) is 28.7 Å². The van der Waals surface area contributed by atoms with E-state index in [2.05, 4.69) is 15.3 Å². The molecule has 2 heterocycles. The number of nitrogens with one attached hydrogen (secondary N) is 1. The average molecular weight is 471 g/mol. The Morgan fingerprint density at radius 3 is 2.84 bits per heavy atom. The van der Waals surface area contributed by atoms with Crippen molar-refractivity contribution >= 4 is 40.1 Å². The predicted octanol–water partition coefficient (Wildman–Crippen LogP) is 3.90. The summed E-state index contributed by atoms with van der Waals surface area (Å²) in [5.41, 5.74) is 3.88. The van der Waals surface area contributed by atoms with Crippen LogP contribution in [-0.2, 0) is 10.3 Å². The highest BCUT2D eigenvalue weighted by Gasteiger charge is 2.68. The molecule has 31 heavy (non-hydrogen) atoms. The SMILES string of the molecule is COC[C@@]12CC1[C@@](CF)(c1cc(NC(=O)c3ccc(Cl)cn3)cc(F)c1F)N=C(N)S2. The normalized spacial score (nSPS) is 26.7. The number of hydrogen-bond donors (Lipinski definition) is 2. The van der Waals surface area contributed by atoms with Gasteiger partial charge < -0.3 is 15.8 Å². The standard InChI is InChI=1S/C20H18ClF3N4O2S/c1-30-9-19-6-15(19)20(8-22,28-18(25)31-19)12-4-11(5-13(23)16(12)24)27-17(29)14-3-2-10(21)7-26-14/h2-5,7,15H,6,8-9H2,1H3,(H2,25,28)(H,27,29)/t15?,19-,20+/m0/s1. The number of alkyl halides is 1. The van der Waals surface area contributed by atoms with E-state index in [0.29, 0.717) is 11.4 Å². The molecule has 1 fully saturated rings. The monoisotopic (exact) mass is 470 g/mol. The van der Waals surface area contributed by atoms with Gasteiger partial charge in [-0.25, -0.2) is 23.1 Å². The summed E-state index contributed by atoms with van der Waals surface area (Å²) in [4.78, 5) is 20.6. The minimum absolute atomic E-state index is 0.0218. The molecule has 2 aliphatic rings. The molecule has 6 nitrogen and oxygen atoms in total. The highest BCUT2D eigenvalue weighted by atomic mass is 35.5. The van der Waals surface area contributed by atoms with E-state index in [1.54, 1.807) is 0 Å². The Labute approximate surface area is 185 Å². The third kappa shape index (κ3) is 3.77. The number of ether oxygens (including phenoxy) is 1. The molecule has 0 bridgehead atoms. The Morgan fingerprint density at radius 1 is 1.42 bits per heavy atom. The Hall–Kier alpha value is -2.30. The number of pyridine rings is 1. The van der Waals surface area contributed by atoms with E-state index < -0.39 is 40.4 Å². The van der Waals surface area contributed by atoms with Gasteiger partial charge in [-0.15, -0.1) is 0 Å². The highest BCUT2D eigenvalue weighted by Crippen LogP contribution is 2.66. The first kappa shape index (κ1) is 21.9. The largest absolute Gasteiger partial charge is 0.383 e. The average Bonchev–Trinajstić information content (AvgIpc) is 3.44. The molecule has 1 saturated carbocycles. The summed E-state index contributed by atoms with van der Waals surface area (Å²) < 4.78 is 48.6. The molecule has 3 atom stereocenters. The molecule has 4 rings (SSSR count). The van der Waals surface area contributed by atoms with Crippen molar-refractivity contribution in [1.82, 2.24) is 4.98 Å². The number of halogens is 4. The Morgan fingerprint density at radius 2 is 2.19 bits per heavy atom. The van der Waals surface area contributed by atoms with E-state index in [0.717, 1.165) is 6.07 Å². The van der Waals surface area contributed by atoms with Crippen molar-refractivity contribution < 1.29 is 22.7 Å². The van der Waals surface area contributed by atoms with E-state index in [9.17, 15) is 18.0 Å². The van der Waals surface area contributed by atoms with Crippen LogP contribution in [0.1, 0.15) is 22.5 Å². The molecular weight excluding hydrogens is 453 g/mol. The summed E-state index contributed by atoms with van der Waals surface area (Å²) in [6.45, 7) is -0.819. The van der Waals surface area contributed by atoms with Crippen LogP contribution in [0.3, 0.4) is 0 Å². The van der Waals surface area contributed by atoms with E-state index >= 15 is 0 Å². The van der Waals surface area contributed by atoms with Crippen molar-refractivity contribution in [2.75, 3.05) is 25.7 Å². The number of methoxy groups -OCH3 is 1. The quantitative estimate of drug-likeness (QED) is 0.668. The van der Waals surface area contributed by atoms with Gasteiger partial charge in [-0.05, 0) is 24.6 Å². The lowest BCUT2D eigenvalue weighted by Crippen LogP contribution is -2.41. The van der Waals surface area contributed by atoms with Crippen LogP contribution in [0, 0.1) is 17.6 Å². The fourth-order valence-electron chi connectivity index (χ4n) is 4.07. The van der Waals surface area contributed by atoms with Gasteiger partial charge in [0, 0.05) is 36.5 Å². The van der Waals surface area contributed by atoms with Crippen LogP contribution < -0.4 is 11.1 Å². The minimum atomic E-state index is -1.71. The van der Waals surface area contributed by atoms with Gasteiger partial charge in [0.25, 0.3) is 5.91 Å². The first-order valence-corrected chi connectivity index (χ1v) is 10.5. The van der Waals surface area contributed by atoms with Crippen molar-refractivity contribution in [3.8, 4) is 0 Å². The second kappa shape index (κ2) is 7.99. The van der Waals surface area contributed by atoms with E-state index in [4.69, 9.17) is 22.1 Å². The van der Waals surface area contributed by atoms with Crippen molar-refractivity contribution in [1.29, 1.82) is 0 Å². The molecule has 11 heteroatoms. The summed E-state index contributed by atoms with van der Waals surface area (Å²) in [6, 6.07) is 4.86. The lowest BCUT2D eigenvalue weighted by Gasteiger charge is -2.35. The number of amides is 1. The van der Waals surface area contributed by atoms with Gasteiger partial charge in [-0.2, -0.15) is 0 Å². The van der Waals surface area contributed by atoms with Crippen LogP contribution in [0.2, 0.25) is 5.02 Å². The highest BCUT2D eigenvalue weighted by molar-refractivity contribution is 8.15. The zero-order chi connectivity index (χ0) is 22.4. The number of rotatable bonds is 6. The molecule has 2 aromatic rings. The van der Waals surface area contributed by atoms with Gasteiger partial charge in [0.2, 0.25) is 0 Å². The van der Waals surface area contributed by atoms with Crippen molar-refractivity contribution in [2.45, 2.75) is 16.7 Å². The van der Waals surface area contributed by atoms with Gasteiger partial charge >= 0.3 is 0 Å². The number of benzene rings is 1. The number of carbonyl (C=O) groups excluding carboxylic acids is 1. The summed E-state index contributed by atoms with van der Waals surface area (Å²) in [6.07, 6.45) is 1.76. The lowest BCUT2D eigenvalue weighted by molar-refractivity contribution is 0.102. The van der Waals surface area contributed by atoms with Gasteiger partial charge in [0.05, 0.1) is 16.4 Å². The predicted molar refractivity (Wildman–Crippen MR) is 113 cm³/mol. The third-order valence-electron chi connectivity index (χ3n) is 5.52. The number of nitrogens with zero attached hydrogens (tertiary/aromatic N) is 2. The summed E-state index contributed by atoms with van der Waals surface area (Å²) >= 11 is 7.02. The number of aliphatic imine (C=N–C) groups is 1. The van der Waals surface area contributed by atoms with Crippen LogP contribution in [0.4, 0.5) is 18.9 Å². The van der Waals surface area contributed by atoms with Crippen molar-refractivity contribution in [2.24, 2.45) is 16.6 Å². The fourth-order valence-corrected chi connectivity index (χ4v) is 5.57. The van der Waals surface area contributed by atoms with Crippen LogP contribution in [0.5, 0.6) is 0 Å². The Bertz CT molecular complexity index is 1070. The molecule has 164 valence electrons. The van der Waals surface area contributed by atoms with Gasteiger partial charge in [-0.3, -0.25) is 4.79 Å². The topological polar surface area (TPSA) is 89.6 Å². The second-order valence-electron chi connectivity index (χ2n) is 7.50. The maximum Gasteiger partial charge on any atom is 0.274 e. The molecule has 0 saturated heterocycles. The van der Waals surface area contributed by atoms with Crippen LogP contribution in [-0.4, -0.2) is 41.2 Å². The van der Waals surface area contributed by atoms with Crippen LogP contribution in [0.15, 0.2) is 35.5 Å². The molecule has 1 aromatic heterocycles. The first-order chi connectivity index (χ1) is 14.7. The van der Waals surface area contributed by atoms with Crippen molar-refractivity contribution in [3.63, 3.8) is 0 Å². The fraction of sp³-hybridized carbons (Fsp3) is 0.350. The molecule has 1 aliphatic heterocycles. The van der Waals surface area contributed by atoms with E-state index in [1.807, 2.05) is 0 Å². The number of carbonyl (C=O) groups is 1.